The van der Waals surface area contributed by atoms with Crippen molar-refractivity contribution in [3.63, 3.8) is 0 Å². The number of likely N-dealkylation sites (tertiary alicyclic amines) is 1. The molecule has 1 fully saturated rings. The van der Waals surface area contributed by atoms with Crippen LogP contribution < -0.4 is 0 Å². The van der Waals surface area contributed by atoms with Crippen molar-refractivity contribution in [3.05, 3.63) is 39.2 Å². The van der Waals surface area contributed by atoms with Gasteiger partial charge in [0.25, 0.3) is 0 Å². The van der Waals surface area contributed by atoms with Crippen LogP contribution in [-0.4, -0.2) is 41.7 Å². The van der Waals surface area contributed by atoms with Crippen LogP contribution in [0.5, 0.6) is 0 Å². The van der Waals surface area contributed by atoms with Crippen molar-refractivity contribution in [1.29, 1.82) is 0 Å². The third kappa shape index (κ3) is 2.99. The van der Waals surface area contributed by atoms with Crippen LogP contribution in [0.4, 0.5) is 0 Å². The molecule has 1 N–H and O–H groups in total. The third-order valence-corrected chi connectivity index (χ3v) is 4.97. The number of esters is 1. The molecule has 0 saturated carbocycles. The number of carbonyl (C=O) groups excluding carboxylic acids is 1. The molecule has 1 saturated heterocycles. The molecule has 0 spiro atoms. The number of halogens is 1. The van der Waals surface area contributed by atoms with Gasteiger partial charge in [-0.1, -0.05) is 18.9 Å². The Morgan fingerprint density at radius 2 is 2.18 bits per heavy atom. The van der Waals surface area contributed by atoms with Gasteiger partial charge in [-0.3, -0.25) is 11.8 Å². The number of hydrogen-bond donors (Lipinski definition) is 1. The highest BCUT2D eigenvalue weighted by molar-refractivity contribution is 6.25. The van der Waals surface area contributed by atoms with Gasteiger partial charge in [-0.15, -0.1) is 6.04 Å². The summed E-state index contributed by atoms with van der Waals surface area (Å²) in [6.45, 7) is 4.62. The van der Waals surface area contributed by atoms with Crippen LogP contribution in [0, 0.1) is 6.92 Å². The van der Waals surface area contributed by atoms with E-state index < -0.39 is 6.10 Å². The van der Waals surface area contributed by atoms with Gasteiger partial charge >= 0.3 is 5.97 Å². The largest absolute Gasteiger partial charge is 0.572 e. The minimum absolute atomic E-state index is 0.236. The molecular weight excluding hydrogens is 304 g/mol. The van der Waals surface area contributed by atoms with Crippen LogP contribution in [0.25, 0.3) is 4.84 Å². The SMILES string of the molecule is Cc1c([C@@H](O)CN2CCC([N-]Cl)CC2)ccc2c1COC2=O. The van der Waals surface area contributed by atoms with Gasteiger partial charge in [-0.25, -0.2) is 4.79 Å². The number of piperidine rings is 1. The van der Waals surface area contributed by atoms with Gasteiger partial charge in [0.1, 0.15) is 6.61 Å². The molecule has 1 aromatic rings. The summed E-state index contributed by atoms with van der Waals surface area (Å²) in [5, 5.41) is 10.6. The average molecular weight is 324 g/mol. The van der Waals surface area contributed by atoms with Gasteiger partial charge < -0.3 is 19.6 Å². The van der Waals surface area contributed by atoms with Gasteiger partial charge in [0.2, 0.25) is 0 Å². The summed E-state index contributed by atoms with van der Waals surface area (Å²) in [7, 11) is 0. The number of β-amino-alcohol motifs (C(OH)–C–C–N with tert-alkyl or cyclic N) is 1. The maximum atomic E-state index is 11.6. The van der Waals surface area contributed by atoms with Crippen molar-refractivity contribution in [3.8, 4) is 0 Å². The summed E-state index contributed by atoms with van der Waals surface area (Å²) in [5.74, 6) is -0.272. The van der Waals surface area contributed by atoms with Crippen molar-refractivity contribution in [2.24, 2.45) is 0 Å². The van der Waals surface area contributed by atoms with Crippen LogP contribution in [0.1, 0.15) is 46.0 Å². The highest BCUT2D eigenvalue weighted by atomic mass is 35.5. The highest BCUT2D eigenvalue weighted by Gasteiger charge is 2.26. The van der Waals surface area contributed by atoms with Crippen molar-refractivity contribution in [1.82, 2.24) is 4.90 Å². The molecular formula is C16H20ClN2O3-. The predicted octanol–water partition coefficient (Wildman–Crippen LogP) is 2.69. The topological polar surface area (TPSA) is 63.9 Å². The number of carbonyl (C=O) groups is 1. The maximum Gasteiger partial charge on any atom is 0.338 e. The molecule has 0 bridgehead atoms. The Morgan fingerprint density at radius 3 is 2.86 bits per heavy atom. The molecule has 0 unspecified atom stereocenters. The van der Waals surface area contributed by atoms with E-state index in [4.69, 9.17) is 16.5 Å². The molecule has 2 aliphatic rings. The third-order valence-electron chi connectivity index (χ3n) is 4.69. The van der Waals surface area contributed by atoms with Gasteiger partial charge in [0.15, 0.2) is 0 Å². The summed E-state index contributed by atoms with van der Waals surface area (Å²) < 4.78 is 5.06. The smallest absolute Gasteiger partial charge is 0.338 e. The summed E-state index contributed by atoms with van der Waals surface area (Å²) in [4.78, 5) is 17.6. The fraction of sp³-hybridized carbons (Fsp3) is 0.562. The lowest BCUT2D eigenvalue weighted by Gasteiger charge is -2.38. The molecule has 5 nitrogen and oxygen atoms in total. The Hall–Kier alpha value is -1.14. The van der Waals surface area contributed by atoms with E-state index in [0.29, 0.717) is 18.7 Å². The van der Waals surface area contributed by atoms with Crippen molar-refractivity contribution in [2.75, 3.05) is 19.6 Å². The first-order valence-corrected chi connectivity index (χ1v) is 7.95. The van der Waals surface area contributed by atoms with Crippen molar-refractivity contribution < 1.29 is 14.6 Å². The van der Waals surface area contributed by atoms with E-state index in [1.165, 1.54) is 0 Å². The number of hydrogen-bond acceptors (Lipinski definition) is 4. The monoisotopic (exact) mass is 323 g/mol. The number of aliphatic hydroxyl groups excluding tert-OH is 1. The number of cyclic esters (lactones) is 1. The molecule has 0 aromatic heterocycles. The minimum atomic E-state index is -0.564. The van der Waals surface area contributed by atoms with E-state index in [-0.39, 0.29) is 12.0 Å². The van der Waals surface area contributed by atoms with Crippen LogP contribution >= 0.6 is 11.8 Å². The molecule has 2 aliphatic heterocycles. The fourth-order valence-corrected chi connectivity index (χ4v) is 3.47. The van der Waals surface area contributed by atoms with Gasteiger partial charge in [-0.05, 0) is 37.2 Å². The van der Waals surface area contributed by atoms with Crippen molar-refractivity contribution in [2.45, 2.75) is 38.5 Å². The number of nitrogens with zero attached hydrogens (tertiary/aromatic N) is 2. The first kappa shape index (κ1) is 15.7. The molecule has 6 heteroatoms. The van der Waals surface area contributed by atoms with E-state index >= 15 is 0 Å². The molecule has 1 atom stereocenters. The average Bonchev–Trinajstić information content (AvgIpc) is 2.90. The lowest BCUT2D eigenvalue weighted by Crippen LogP contribution is -2.37. The van der Waals surface area contributed by atoms with Crippen LogP contribution in [-0.2, 0) is 11.3 Å². The molecule has 0 amide bonds. The second-order valence-corrected chi connectivity index (χ2v) is 6.22. The number of benzene rings is 1. The van der Waals surface area contributed by atoms with E-state index in [0.717, 1.165) is 42.6 Å². The van der Waals surface area contributed by atoms with E-state index in [1.807, 2.05) is 13.0 Å². The van der Waals surface area contributed by atoms with E-state index in [9.17, 15) is 9.90 Å². The Labute approximate surface area is 135 Å². The number of fused-ring (bicyclic) bond motifs is 1. The number of rotatable bonds is 4. The normalized spacial score (nSPS) is 20.8. The first-order chi connectivity index (χ1) is 10.6. The Morgan fingerprint density at radius 1 is 1.45 bits per heavy atom. The zero-order chi connectivity index (χ0) is 15.7. The Balaban J connectivity index is 1.68. The van der Waals surface area contributed by atoms with Crippen molar-refractivity contribution >= 4 is 17.7 Å². The molecule has 22 heavy (non-hydrogen) atoms. The maximum absolute atomic E-state index is 11.6. The van der Waals surface area contributed by atoms with Crippen LogP contribution in [0.15, 0.2) is 12.1 Å². The molecule has 2 heterocycles. The van der Waals surface area contributed by atoms with E-state index in [2.05, 4.69) is 9.74 Å². The van der Waals surface area contributed by atoms with Crippen LogP contribution in [0.2, 0.25) is 0 Å². The summed E-state index contributed by atoms with van der Waals surface area (Å²) in [6.07, 6.45) is 1.30. The number of ether oxygens (including phenoxy) is 1. The highest BCUT2D eigenvalue weighted by Crippen LogP contribution is 2.30. The Bertz CT molecular complexity index is 571. The lowest BCUT2D eigenvalue weighted by molar-refractivity contribution is 0.0535. The molecule has 3 rings (SSSR count). The first-order valence-electron chi connectivity index (χ1n) is 7.61. The van der Waals surface area contributed by atoms with Gasteiger partial charge in [0.05, 0.1) is 11.7 Å². The predicted molar refractivity (Wildman–Crippen MR) is 83.9 cm³/mol. The molecule has 1 aromatic carbocycles. The zero-order valence-corrected chi connectivity index (χ0v) is 13.3. The minimum Gasteiger partial charge on any atom is -0.572 e. The number of aliphatic hydroxyl groups is 1. The fourth-order valence-electron chi connectivity index (χ4n) is 3.27. The lowest BCUT2D eigenvalue weighted by atomic mass is 9.94. The zero-order valence-electron chi connectivity index (χ0n) is 12.6. The van der Waals surface area contributed by atoms with Gasteiger partial charge in [0, 0.05) is 12.1 Å². The molecule has 0 radical (unpaired) electrons. The quantitative estimate of drug-likeness (QED) is 0.865. The summed E-state index contributed by atoms with van der Waals surface area (Å²) >= 11 is 5.53. The van der Waals surface area contributed by atoms with Crippen LogP contribution in [0.3, 0.4) is 0 Å². The van der Waals surface area contributed by atoms with Gasteiger partial charge in [-0.2, -0.15) is 0 Å². The molecule has 120 valence electrons. The van der Waals surface area contributed by atoms with E-state index in [1.54, 1.807) is 6.07 Å². The second-order valence-electron chi connectivity index (χ2n) is 6.03. The summed E-state index contributed by atoms with van der Waals surface area (Å²) in [6, 6.07) is 3.83. The Kier molecular flexibility index (Phi) is 4.68. The summed E-state index contributed by atoms with van der Waals surface area (Å²) in [5.41, 5.74) is 3.36. The second kappa shape index (κ2) is 6.54. The molecule has 0 aliphatic carbocycles. The standard InChI is InChI=1S/C16H20ClN2O3/c1-10-12(2-3-13-14(10)9-22-16(13)21)15(20)8-19-6-4-11(18-17)5-7-19/h2-3,11,15,20H,4-9H2,1H3/q-1/t15-/m0/s1.